The fourth-order valence-electron chi connectivity index (χ4n) is 0.424. The summed E-state index contributed by atoms with van der Waals surface area (Å²) in [5, 5.41) is 0. The summed E-state index contributed by atoms with van der Waals surface area (Å²) in [5.74, 6) is -0.844. The van der Waals surface area contributed by atoms with Crippen LogP contribution in [-0.4, -0.2) is 31.7 Å². The molecule has 8 heteroatoms. The van der Waals surface area contributed by atoms with Crippen molar-refractivity contribution in [1.29, 1.82) is 0 Å². The van der Waals surface area contributed by atoms with E-state index in [1.165, 1.54) is 0 Å². The maximum Gasteiger partial charge on any atom is 0.522 e. The SMILES string of the molecule is O=S(=O)([O-])CCCOC(F)(F)F. The van der Waals surface area contributed by atoms with E-state index in [2.05, 4.69) is 4.74 Å². The molecule has 0 aromatic rings. The summed E-state index contributed by atoms with van der Waals surface area (Å²) in [7, 11) is -4.44. The first-order chi connectivity index (χ1) is 5.21. The van der Waals surface area contributed by atoms with Gasteiger partial charge in [-0.05, 0) is 6.42 Å². The molecule has 0 saturated heterocycles. The molecule has 0 radical (unpaired) electrons. The van der Waals surface area contributed by atoms with Crippen molar-refractivity contribution < 1.29 is 30.9 Å². The Bertz CT molecular complexity index is 219. The second-order valence-corrected chi connectivity index (χ2v) is 3.43. The number of halogens is 3. The highest BCUT2D eigenvalue weighted by Crippen LogP contribution is 2.16. The summed E-state index contributed by atoms with van der Waals surface area (Å²) in [4.78, 5) is 0. The zero-order chi connectivity index (χ0) is 9.83. The van der Waals surface area contributed by atoms with Gasteiger partial charge in [0.05, 0.1) is 16.7 Å². The van der Waals surface area contributed by atoms with Crippen molar-refractivity contribution in [2.45, 2.75) is 12.8 Å². The van der Waals surface area contributed by atoms with Crippen molar-refractivity contribution in [2.75, 3.05) is 12.4 Å². The molecule has 0 N–H and O–H groups in total. The Morgan fingerprint density at radius 3 is 2.17 bits per heavy atom. The van der Waals surface area contributed by atoms with E-state index in [1.54, 1.807) is 0 Å². The molecule has 4 nitrogen and oxygen atoms in total. The number of alkyl halides is 3. The number of ether oxygens (including phenoxy) is 1. The topological polar surface area (TPSA) is 66.4 Å². The van der Waals surface area contributed by atoms with Gasteiger partial charge in [-0.1, -0.05) is 0 Å². The molecule has 0 fully saturated rings. The van der Waals surface area contributed by atoms with E-state index in [0.717, 1.165) is 0 Å². The monoisotopic (exact) mass is 207 g/mol. The van der Waals surface area contributed by atoms with Gasteiger partial charge in [-0.2, -0.15) is 0 Å². The highest BCUT2D eigenvalue weighted by atomic mass is 32.2. The van der Waals surface area contributed by atoms with Gasteiger partial charge in [-0.15, -0.1) is 13.2 Å². The fourth-order valence-corrected chi connectivity index (χ4v) is 0.895. The predicted molar refractivity (Wildman–Crippen MR) is 31.2 cm³/mol. The van der Waals surface area contributed by atoms with Gasteiger partial charge in [0.1, 0.15) is 0 Å². The molecule has 0 unspecified atom stereocenters. The normalized spacial score (nSPS) is 13.3. The van der Waals surface area contributed by atoms with Crippen LogP contribution in [0.2, 0.25) is 0 Å². The van der Waals surface area contributed by atoms with Crippen LogP contribution in [0, 0.1) is 0 Å². The third-order valence-electron chi connectivity index (χ3n) is 0.804. The number of hydrogen-bond donors (Lipinski definition) is 0. The van der Waals surface area contributed by atoms with E-state index in [0.29, 0.717) is 0 Å². The largest absolute Gasteiger partial charge is 0.748 e. The van der Waals surface area contributed by atoms with Crippen molar-refractivity contribution in [3.8, 4) is 0 Å². The second-order valence-electron chi connectivity index (χ2n) is 1.91. The molecule has 0 aromatic heterocycles. The van der Waals surface area contributed by atoms with Gasteiger partial charge in [-0.25, -0.2) is 8.42 Å². The van der Waals surface area contributed by atoms with E-state index in [4.69, 9.17) is 0 Å². The van der Waals surface area contributed by atoms with Gasteiger partial charge in [0.25, 0.3) is 0 Å². The van der Waals surface area contributed by atoms with Crippen LogP contribution in [0.3, 0.4) is 0 Å². The van der Waals surface area contributed by atoms with Crippen molar-refractivity contribution in [3.63, 3.8) is 0 Å². The molecule has 0 bridgehead atoms. The zero-order valence-electron chi connectivity index (χ0n) is 5.80. The molecule has 0 aliphatic rings. The Hall–Kier alpha value is -0.340. The van der Waals surface area contributed by atoms with Gasteiger partial charge < -0.3 is 4.55 Å². The average molecular weight is 207 g/mol. The lowest BCUT2D eigenvalue weighted by Gasteiger charge is -2.08. The Morgan fingerprint density at radius 1 is 1.33 bits per heavy atom. The van der Waals surface area contributed by atoms with Gasteiger partial charge in [0.2, 0.25) is 0 Å². The third kappa shape index (κ3) is 9.66. The Morgan fingerprint density at radius 2 is 1.83 bits per heavy atom. The van der Waals surface area contributed by atoms with Gasteiger partial charge in [0.15, 0.2) is 0 Å². The van der Waals surface area contributed by atoms with Crippen LogP contribution in [0.5, 0.6) is 0 Å². The van der Waals surface area contributed by atoms with E-state index in [9.17, 15) is 26.1 Å². The first-order valence-electron chi connectivity index (χ1n) is 2.85. The average Bonchev–Trinajstić information content (AvgIpc) is 1.76. The van der Waals surface area contributed by atoms with Crippen molar-refractivity contribution in [1.82, 2.24) is 0 Å². The van der Waals surface area contributed by atoms with E-state index >= 15 is 0 Å². The lowest BCUT2D eigenvalue weighted by molar-refractivity contribution is -0.324. The Labute approximate surface area is 67.1 Å². The predicted octanol–water partition coefficient (Wildman–Crippen LogP) is 0.458. The summed E-state index contributed by atoms with van der Waals surface area (Å²) in [6.45, 7) is -0.815. The van der Waals surface area contributed by atoms with Crippen molar-refractivity contribution >= 4 is 10.1 Å². The smallest absolute Gasteiger partial charge is 0.522 e. The molecule has 0 aliphatic heterocycles. The molecule has 0 rings (SSSR count). The van der Waals surface area contributed by atoms with Gasteiger partial charge in [-0.3, -0.25) is 4.74 Å². The van der Waals surface area contributed by atoms with Crippen LogP contribution in [0.1, 0.15) is 6.42 Å². The maximum absolute atomic E-state index is 11.2. The first kappa shape index (κ1) is 11.7. The highest BCUT2D eigenvalue weighted by molar-refractivity contribution is 7.85. The lowest BCUT2D eigenvalue weighted by Crippen LogP contribution is -2.16. The second kappa shape index (κ2) is 4.06. The Balaban J connectivity index is 3.48. The van der Waals surface area contributed by atoms with E-state index < -0.39 is 35.3 Å². The molecular formula is C4H6F3O4S-. The summed E-state index contributed by atoms with van der Waals surface area (Å²) < 4.78 is 66.5. The van der Waals surface area contributed by atoms with Crippen molar-refractivity contribution in [2.24, 2.45) is 0 Å². The standard InChI is InChI=1S/C4H7F3O4S/c5-4(6,7)11-2-1-3-12(8,9)10/h1-3H2,(H,8,9,10)/p-1. The molecule has 0 saturated carbocycles. The highest BCUT2D eigenvalue weighted by Gasteiger charge is 2.28. The van der Waals surface area contributed by atoms with Crippen LogP contribution in [0.4, 0.5) is 13.2 Å². The molecule has 0 aliphatic carbocycles. The minimum absolute atomic E-state index is 0.453. The van der Waals surface area contributed by atoms with Crippen LogP contribution >= 0.6 is 0 Å². The molecule has 0 amide bonds. The molecule has 0 heterocycles. The Kier molecular flexibility index (Phi) is 3.94. The van der Waals surface area contributed by atoms with Crippen LogP contribution in [0.25, 0.3) is 0 Å². The molecule has 12 heavy (non-hydrogen) atoms. The quantitative estimate of drug-likeness (QED) is 0.496. The minimum Gasteiger partial charge on any atom is -0.748 e. The van der Waals surface area contributed by atoms with Crippen LogP contribution in [0.15, 0.2) is 0 Å². The summed E-state index contributed by atoms with van der Waals surface area (Å²) in [6, 6.07) is 0. The fraction of sp³-hybridized carbons (Fsp3) is 1.00. The summed E-state index contributed by atoms with van der Waals surface area (Å²) in [6.07, 6.45) is -5.22. The van der Waals surface area contributed by atoms with Crippen molar-refractivity contribution in [3.05, 3.63) is 0 Å². The first-order valence-corrected chi connectivity index (χ1v) is 4.43. The van der Waals surface area contributed by atoms with Crippen LogP contribution < -0.4 is 0 Å². The van der Waals surface area contributed by atoms with E-state index in [-0.39, 0.29) is 0 Å². The van der Waals surface area contributed by atoms with Gasteiger partial charge in [0, 0.05) is 5.75 Å². The van der Waals surface area contributed by atoms with Crippen LogP contribution in [-0.2, 0) is 14.9 Å². The molecule has 0 aromatic carbocycles. The molecule has 0 atom stereocenters. The lowest BCUT2D eigenvalue weighted by atomic mass is 10.5. The molecule has 74 valence electrons. The maximum atomic E-state index is 11.2. The number of rotatable bonds is 4. The van der Waals surface area contributed by atoms with E-state index in [1.807, 2.05) is 0 Å². The third-order valence-corrected chi connectivity index (χ3v) is 1.59. The van der Waals surface area contributed by atoms with Gasteiger partial charge >= 0.3 is 6.36 Å². The summed E-state index contributed by atoms with van der Waals surface area (Å²) >= 11 is 0. The zero-order valence-corrected chi connectivity index (χ0v) is 6.61. The number of hydrogen-bond acceptors (Lipinski definition) is 4. The molecular weight excluding hydrogens is 201 g/mol. The minimum atomic E-state index is -4.77. The molecule has 0 spiro atoms. The summed E-state index contributed by atoms with van der Waals surface area (Å²) in [5.41, 5.74) is 0.